The predicted octanol–water partition coefficient (Wildman–Crippen LogP) is -3.53. The monoisotopic (exact) mass is 546 g/mol. The number of nitrogens with zero attached hydrogens (tertiary/aromatic N) is 1. The Kier molecular flexibility index (Phi) is 8.53. The van der Waals surface area contributed by atoms with E-state index in [0.717, 1.165) is 22.9 Å². The first kappa shape index (κ1) is 27.9. The molecule has 0 amide bonds. The number of aromatic amines is 1. The van der Waals surface area contributed by atoms with Crippen molar-refractivity contribution >= 4 is 15.4 Å². The van der Waals surface area contributed by atoms with Gasteiger partial charge in [0.15, 0.2) is 6.23 Å². The standard InChI is InChI=1S/C16H24N2O15P2/c19-4-9-12(22)8(20)3-7(31-9)6-34(26,27)33-35(28,29)30-5-10-13(23)14(24)15(32-10)18-2-1-11(21)17-16(18)25/h1-3,8-10,12-15,19-20,22-24H,4-6H2,(H,26,27)(H,28,29)(H,17,21,25)/t8-,9?,10-,12-,13?,14?,15-/m1/s1. The minimum atomic E-state index is -5.28. The van der Waals surface area contributed by atoms with Gasteiger partial charge in [-0.3, -0.25) is 23.4 Å². The van der Waals surface area contributed by atoms with Gasteiger partial charge >= 0.3 is 21.1 Å². The molecular weight excluding hydrogens is 522 g/mol. The molecule has 0 aliphatic carbocycles. The van der Waals surface area contributed by atoms with Gasteiger partial charge in [0.25, 0.3) is 5.56 Å². The van der Waals surface area contributed by atoms with Crippen LogP contribution in [0.2, 0.25) is 0 Å². The van der Waals surface area contributed by atoms with Gasteiger partial charge in [-0.15, -0.1) is 0 Å². The molecule has 2 aliphatic rings. The molecule has 0 saturated carbocycles. The normalized spacial score (nSPS) is 34.5. The molecular formula is C16H24N2O15P2. The zero-order chi connectivity index (χ0) is 26.1. The number of phosphoric ester groups is 1. The fourth-order valence-electron chi connectivity index (χ4n) is 3.35. The maximum absolute atomic E-state index is 12.3. The number of rotatable bonds is 9. The second-order valence-corrected chi connectivity index (χ2v) is 11.1. The Balaban J connectivity index is 1.61. The molecule has 1 saturated heterocycles. The molecule has 1 aromatic rings. The molecule has 5 unspecified atom stereocenters. The Morgan fingerprint density at radius 2 is 1.74 bits per heavy atom. The fourth-order valence-corrected chi connectivity index (χ4v) is 5.97. The summed E-state index contributed by atoms with van der Waals surface area (Å²) in [7, 11) is -10.2. The third kappa shape index (κ3) is 6.74. The van der Waals surface area contributed by atoms with Gasteiger partial charge in [-0.2, -0.15) is 0 Å². The van der Waals surface area contributed by atoms with E-state index >= 15 is 0 Å². The summed E-state index contributed by atoms with van der Waals surface area (Å²) in [6, 6.07) is 0.955. The van der Waals surface area contributed by atoms with Crippen LogP contribution in [-0.2, 0) is 27.4 Å². The summed E-state index contributed by atoms with van der Waals surface area (Å²) in [4.78, 5) is 44.8. The summed E-state index contributed by atoms with van der Waals surface area (Å²) in [6.07, 6.45) is -10.0. The van der Waals surface area contributed by atoms with Gasteiger partial charge in [0.05, 0.1) is 13.2 Å². The van der Waals surface area contributed by atoms with Crippen molar-refractivity contribution in [2.45, 2.75) is 42.9 Å². The number of H-pyrrole nitrogens is 1. The van der Waals surface area contributed by atoms with Gasteiger partial charge in [-0.1, -0.05) is 0 Å². The van der Waals surface area contributed by atoms with Crippen molar-refractivity contribution in [1.82, 2.24) is 9.55 Å². The molecule has 0 bridgehead atoms. The third-order valence-electron chi connectivity index (χ3n) is 5.02. The van der Waals surface area contributed by atoms with E-state index in [1.165, 1.54) is 0 Å². The Hall–Kier alpha value is -1.72. The highest BCUT2D eigenvalue weighted by Crippen LogP contribution is 2.60. The van der Waals surface area contributed by atoms with E-state index < -0.39 is 94.7 Å². The molecule has 3 rings (SSSR count). The Bertz CT molecular complexity index is 1150. The van der Waals surface area contributed by atoms with Crippen LogP contribution in [0, 0.1) is 0 Å². The summed E-state index contributed by atoms with van der Waals surface area (Å²) >= 11 is 0. The van der Waals surface area contributed by atoms with Gasteiger partial charge in [-0.25, -0.2) is 13.7 Å². The lowest BCUT2D eigenvalue weighted by molar-refractivity contribution is -0.0902. The van der Waals surface area contributed by atoms with Crippen LogP contribution in [0.15, 0.2) is 33.7 Å². The van der Waals surface area contributed by atoms with Crippen LogP contribution in [0.4, 0.5) is 0 Å². The highest BCUT2D eigenvalue weighted by molar-refractivity contribution is 7.64. The van der Waals surface area contributed by atoms with E-state index in [4.69, 9.17) is 14.6 Å². The lowest BCUT2D eigenvalue weighted by Crippen LogP contribution is -2.44. The first-order valence-corrected chi connectivity index (χ1v) is 13.2. The van der Waals surface area contributed by atoms with Crippen molar-refractivity contribution in [3.63, 3.8) is 0 Å². The van der Waals surface area contributed by atoms with Gasteiger partial charge in [0.1, 0.15) is 48.5 Å². The van der Waals surface area contributed by atoms with Gasteiger partial charge < -0.3 is 44.8 Å². The molecule has 0 radical (unpaired) electrons. The maximum Gasteiger partial charge on any atom is 0.479 e. The minimum Gasteiger partial charge on any atom is -0.489 e. The zero-order valence-electron chi connectivity index (χ0n) is 17.6. The second-order valence-electron chi connectivity index (χ2n) is 7.66. The molecule has 1 aromatic heterocycles. The molecule has 3 heterocycles. The Morgan fingerprint density at radius 3 is 2.37 bits per heavy atom. The molecule has 17 nitrogen and oxygen atoms in total. The van der Waals surface area contributed by atoms with E-state index in [0.29, 0.717) is 0 Å². The number of allylic oxidation sites excluding steroid dienone is 1. The summed E-state index contributed by atoms with van der Waals surface area (Å²) < 4.78 is 44.5. The zero-order valence-corrected chi connectivity index (χ0v) is 19.4. The van der Waals surface area contributed by atoms with Crippen molar-refractivity contribution in [2.24, 2.45) is 0 Å². The molecule has 8 N–H and O–H groups in total. The molecule has 19 heteroatoms. The van der Waals surface area contributed by atoms with Crippen LogP contribution in [0.3, 0.4) is 0 Å². The SMILES string of the molecule is O=c1ccn([C@@H]2O[C@H](COP(=O)(O)OP(=O)(O)CC3=C[C@@H](O)[C@@H](O)C(CO)O3)C(O)C2O)c(=O)[nH]1. The number of aliphatic hydroxyl groups is 5. The average molecular weight is 546 g/mol. The number of ether oxygens (including phenoxy) is 2. The summed E-state index contributed by atoms with van der Waals surface area (Å²) in [5, 5.41) is 48.8. The molecule has 198 valence electrons. The number of aliphatic hydroxyl groups excluding tert-OH is 5. The van der Waals surface area contributed by atoms with Gasteiger partial charge in [0.2, 0.25) is 0 Å². The Morgan fingerprint density at radius 1 is 1.06 bits per heavy atom. The highest BCUT2D eigenvalue weighted by Gasteiger charge is 2.46. The van der Waals surface area contributed by atoms with E-state index in [2.05, 4.69) is 8.83 Å². The first-order chi connectivity index (χ1) is 16.2. The van der Waals surface area contributed by atoms with Crippen LogP contribution >= 0.6 is 15.4 Å². The third-order valence-corrected chi connectivity index (χ3v) is 8.05. The average Bonchev–Trinajstić information content (AvgIpc) is 3.02. The summed E-state index contributed by atoms with van der Waals surface area (Å²) in [5.74, 6) is -0.403. The smallest absolute Gasteiger partial charge is 0.479 e. The van der Waals surface area contributed by atoms with Crippen molar-refractivity contribution in [3.05, 3.63) is 44.9 Å². The fraction of sp³-hybridized carbons (Fsp3) is 0.625. The van der Waals surface area contributed by atoms with Crippen LogP contribution in [0.5, 0.6) is 0 Å². The number of nitrogens with one attached hydrogen (secondary N) is 1. The number of aromatic nitrogens is 2. The first-order valence-electron chi connectivity index (χ1n) is 9.91. The van der Waals surface area contributed by atoms with E-state index in [9.17, 15) is 48.9 Å². The number of hydrogen-bond acceptors (Lipinski definition) is 13. The number of hydrogen-bond donors (Lipinski definition) is 8. The van der Waals surface area contributed by atoms with Gasteiger partial charge in [0, 0.05) is 12.3 Å². The number of phosphoric acid groups is 1. The summed E-state index contributed by atoms with van der Waals surface area (Å²) in [6.45, 7) is -1.67. The van der Waals surface area contributed by atoms with Crippen LogP contribution in [0.25, 0.3) is 0 Å². The highest BCUT2D eigenvalue weighted by atomic mass is 31.3. The van der Waals surface area contributed by atoms with Crippen LogP contribution < -0.4 is 11.2 Å². The molecule has 1 fully saturated rings. The van der Waals surface area contributed by atoms with Crippen LogP contribution in [0.1, 0.15) is 6.23 Å². The largest absolute Gasteiger partial charge is 0.489 e. The van der Waals surface area contributed by atoms with Crippen molar-refractivity contribution < 1.29 is 62.8 Å². The minimum absolute atomic E-state index is 0.403. The van der Waals surface area contributed by atoms with E-state index in [1.54, 1.807) is 0 Å². The predicted molar refractivity (Wildman–Crippen MR) is 111 cm³/mol. The molecule has 2 aliphatic heterocycles. The van der Waals surface area contributed by atoms with Crippen molar-refractivity contribution in [1.29, 1.82) is 0 Å². The van der Waals surface area contributed by atoms with Crippen molar-refractivity contribution in [2.75, 3.05) is 19.4 Å². The van der Waals surface area contributed by atoms with Crippen molar-refractivity contribution in [3.8, 4) is 0 Å². The quantitative estimate of drug-likeness (QED) is 0.139. The van der Waals surface area contributed by atoms with E-state index in [-0.39, 0.29) is 0 Å². The molecule has 0 aromatic carbocycles. The molecule has 0 spiro atoms. The van der Waals surface area contributed by atoms with Gasteiger partial charge in [-0.05, 0) is 6.08 Å². The molecule has 9 atom stereocenters. The lowest BCUT2D eigenvalue weighted by Gasteiger charge is -2.31. The lowest BCUT2D eigenvalue weighted by atomic mass is 10.1. The maximum atomic E-state index is 12.3. The molecule has 35 heavy (non-hydrogen) atoms. The topological polar surface area (TPSA) is 268 Å². The second kappa shape index (κ2) is 10.7. The Labute approximate surface area is 195 Å². The summed E-state index contributed by atoms with van der Waals surface area (Å²) in [5.41, 5.74) is -1.69. The van der Waals surface area contributed by atoms with E-state index in [1.807, 2.05) is 4.98 Å². The van der Waals surface area contributed by atoms with Crippen LogP contribution in [-0.4, -0.2) is 101 Å².